The van der Waals surface area contributed by atoms with Gasteiger partial charge in [0.25, 0.3) is 0 Å². The summed E-state index contributed by atoms with van der Waals surface area (Å²) in [6.45, 7) is 11.3. The van der Waals surface area contributed by atoms with Crippen LogP contribution in [0.2, 0.25) is 0 Å². The molecule has 1 heteroatoms. The monoisotopic (exact) mass is 323 g/mol. The smallest absolute Gasteiger partial charge is 0.0710 e. The van der Waals surface area contributed by atoms with Crippen LogP contribution < -0.4 is 0 Å². The van der Waals surface area contributed by atoms with Gasteiger partial charge in [-0.1, -0.05) is 58.7 Å². The lowest BCUT2D eigenvalue weighted by molar-refractivity contribution is 0.557. The molecule has 0 amide bonds. The topological polar surface area (TPSA) is 12.9 Å². The van der Waals surface area contributed by atoms with E-state index in [-0.39, 0.29) is 0 Å². The molecule has 0 aliphatic carbocycles. The Morgan fingerprint density at radius 3 is 1.96 bits per heavy atom. The fraction of sp³-hybridized carbons (Fsp3) is 0.522. The molecule has 0 aliphatic heterocycles. The van der Waals surface area contributed by atoms with Crippen LogP contribution in [-0.4, -0.2) is 4.98 Å². The maximum absolute atomic E-state index is 4.91. The van der Waals surface area contributed by atoms with Crippen molar-refractivity contribution in [3.8, 4) is 11.3 Å². The average molecular weight is 324 g/mol. The molecule has 0 unspecified atom stereocenters. The highest BCUT2D eigenvalue weighted by Crippen LogP contribution is 2.33. The quantitative estimate of drug-likeness (QED) is 0.516. The van der Waals surface area contributed by atoms with Crippen molar-refractivity contribution in [1.82, 2.24) is 4.98 Å². The molecule has 0 fully saturated rings. The number of aryl methyl sites for hydroxylation is 3. The van der Waals surface area contributed by atoms with E-state index in [2.05, 4.69) is 65.1 Å². The second-order valence-electron chi connectivity index (χ2n) is 6.86. The van der Waals surface area contributed by atoms with Crippen LogP contribution in [0.4, 0.5) is 0 Å². The Morgan fingerprint density at radius 2 is 1.50 bits per heavy atom. The van der Waals surface area contributed by atoms with E-state index in [9.17, 15) is 0 Å². The Kier molecular flexibility index (Phi) is 7.02. The van der Waals surface area contributed by atoms with E-state index in [1.54, 1.807) is 0 Å². The van der Waals surface area contributed by atoms with E-state index in [1.807, 2.05) is 0 Å². The fourth-order valence-corrected chi connectivity index (χ4v) is 3.85. The Balaban J connectivity index is 2.47. The Labute approximate surface area is 148 Å². The summed E-state index contributed by atoms with van der Waals surface area (Å²) in [7, 11) is 0. The zero-order valence-corrected chi connectivity index (χ0v) is 16.2. The van der Waals surface area contributed by atoms with E-state index in [1.165, 1.54) is 53.5 Å². The van der Waals surface area contributed by atoms with Crippen LogP contribution in [0.5, 0.6) is 0 Å². The molecule has 1 aromatic carbocycles. The molecule has 0 bridgehead atoms. The van der Waals surface area contributed by atoms with Crippen molar-refractivity contribution in [2.24, 2.45) is 0 Å². The van der Waals surface area contributed by atoms with Gasteiger partial charge in [0.1, 0.15) is 0 Å². The minimum Gasteiger partial charge on any atom is -0.256 e. The molecular formula is C23H33N. The summed E-state index contributed by atoms with van der Waals surface area (Å²) in [5.41, 5.74) is 8.19. The summed E-state index contributed by atoms with van der Waals surface area (Å²) in [4.78, 5) is 4.91. The highest BCUT2D eigenvalue weighted by Gasteiger charge is 2.16. The molecule has 0 saturated heterocycles. The standard InChI is InChI=1S/C23H33N/c1-6-11-20(12-7-2)21-16-24-22(15-17(21)5)23-18(8-3)13-10-14-19(23)9-4/h10,13-16,20H,6-9,11-12H2,1-5H3. The van der Waals surface area contributed by atoms with Gasteiger partial charge in [0.2, 0.25) is 0 Å². The second-order valence-corrected chi connectivity index (χ2v) is 6.86. The normalized spacial score (nSPS) is 11.2. The maximum atomic E-state index is 4.91. The highest BCUT2D eigenvalue weighted by molar-refractivity contribution is 5.69. The van der Waals surface area contributed by atoms with Gasteiger partial charge in [-0.2, -0.15) is 0 Å². The van der Waals surface area contributed by atoms with Crippen molar-refractivity contribution in [2.45, 2.75) is 79.1 Å². The predicted molar refractivity (Wildman–Crippen MR) is 106 cm³/mol. The van der Waals surface area contributed by atoms with Gasteiger partial charge in [-0.15, -0.1) is 0 Å². The first-order valence-corrected chi connectivity index (χ1v) is 9.73. The van der Waals surface area contributed by atoms with E-state index in [4.69, 9.17) is 4.98 Å². The summed E-state index contributed by atoms with van der Waals surface area (Å²) < 4.78 is 0. The van der Waals surface area contributed by atoms with Gasteiger partial charge in [0, 0.05) is 11.8 Å². The summed E-state index contributed by atoms with van der Waals surface area (Å²) in [6, 6.07) is 9.00. The number of nitrogens with zero attached hydrogens (tertiary/aromatic N) is 1. The lowest BCUT2D eigenvalue weighted by Crippen LogP contribution is -2.04. The van der Waals surface area contributed by atoms with Crippen LogP contribution in [0.25, 0.3) is 11.3 Å². The molecular weight excluding hydrogens is 290 g/mol. The Morgan fingerprint density at radius 1 is 0.917 bits per heavy atom. The van der Waals surface area contributed by atoms with Crippen LogP contribution in [0.3, 0.4) is 0 Å². The van der Waals surface area contributed by atoms with E-state index in [0.717, 1.165) is 18.5 Å². The number of benzene rings is 1. The Bertz CT molecular complexity index is 629. The van der Waals surface area contributed by atoms with Crippen LogP contribution in [0.1, 0.15) is 81.5 Å². The molecule has 1 heterocycles. The zero-order chi connectivity index (χ0) is 17.5. The summed E-state index contributed by atoms with van der Waals surface area (Å²) >= 11 is 0. The zero-order valence-electron chi connectivity index (χ0n) is 16.2. The molecule has 1 nitrogen and oxygen atoms in total. The number of hydrogen-bond donors (Lipinski definition) is 0. The van der Waals surface area contributed by atoms with Crippen LogP contribution >= 0.6 is 0 Å². The minimum absolute atomic E-state index is 0.661. The Hall–Kier alpha value is -1.63. The minimum atomic E-state index is 0.661. The van der Waals surface area contributed by atoms with Crippen LogP contribution in [-0.2, 0) is 12.8 Å². The van der Waals surface area contributed by atoms with Crippen LogP contribution in [0.15, 0.2) is 30.5 Å². The highest BCUT2D eigenvalue weighted by atomic mass is 14.7. The molecule has 0 N–H and O–H groups in total. The van der Waals surface area contributed by atoms with Gasteiger partial charge < -0.3 is 0 Å². The molecule has 0 radical (unpaired) electrons. The van der Waals surface area contributed by atoms with Crippen molar-refractivity contribution in [3.05, 3.63) is 52.7 Å². The van der Waals surface area contributed by atoms with Crippen LogP contribution in [0, 0.1) is 6.92 Å². The largest absolute Gasteiger partial charge is 0.256 e. The molecule has 24 heavy (non-hydrogen) atoms. The third-order valence-corrected chi connectivity index (χ3v) is 5.12. The van der Waals surface area contributed by atoms with Crippen molar-refractivity contribution in [2.75, 3.05) is 0 Å². The SMILES string of the molecule is CCCC(CCC)c1cnc(-c2c(CC)cccc2CC)cc1C. The maximum Gasteiger partial charge on any atom is 0.0710 e. The first-order chi connectivity index (χ1) is 11.7. The first-order valence-electron chi connectivity index (χ1n) is 9.73. The van der Waals surface area contributed by atoms with Gasteiger partial charge in [-0.25, -0.2) is 0 Å². The van der Waals surface area contributed by atoms with Gasteiger partial charge in [-0.3, -0.25) is 4.98 Å². The molecule has 2 aromatic rings. The number of pyridine rings is 1. The third kappa shape index (κ3) is 4.06. The fourth-order valence-electron chi connectivity index (χ4n) is 3.85. The molecule has 2 rings (SSSR count). The van der Waals surface area contributed by atoms with Gasteiger partial charge >= 0.3 is 0 Å². The van der Waals surface area contributed by atoms with Crippen molar-refractivity contribution < 1.29 is 0 Å². The van der Waals surface area contributed by atoms with Gasteiger partial charge in [0.15, 0.2) is 0 Å². The van der Waals surface area contributed by atoms with E-state index < -0.39 is 0 Å². The number of hydrogen-bond acceptors (Lipinski definition) is 1. The van der Waals surface area contributed by atoms with Crippen molar-refractivity contribution >= 4 is 0 Å². The summed E-state index contributed by atoms with van der Waals surface area (Å²) in [6.07, 6.45) is 9.28. The molecule has 130 valence electrons. The van der Waals surface area contributed by atoms with Gasteiger partial charge in [0.05, 0.1) is 5.69 Å². The van der Waals surface area contributed by atoms with Gasteiger partial charge in [-0.05, 0) is 66.8 Å². The second kappa shape index (κ2) is 9.01. The lowest BCUT2D eigenvalue weighted by atomic mass is 9.87. The third-order valence-electron chi connectivity index (χ3n) is 5.12. The molecule has 1 aromatic heterocycles. The number of rotatable bonds is 8. The predicted octanol–water partition coefficient (Wildman–Crippen LogP) is 6.87. The lowest BCUT2D eigenvalue weighted by Gasteiger charge is -2.20. The molecule has 0 aliphatic rings. The van der Waals surface area contributed by atoms with E-state index >= 15 is 0 Å². The summed E-state index contributed by atoms with van der Waals surface area (Å²) in [5, 5.41) is 0. The first kappa shape index (κ1) is 18.7. The average Bonchev–Trinajstić information content (AvgIpc) is 2.60. The summed E-state index contributed by atoms with van der Waals surface area (Å²) in [5.74, 6) is 0.661. The molecule has 0 spiro atoms. The van der Waals surface area contributed by atoms with E-state index in [0.29, 0.717) is 5.92 Å². The van der Waals surface area contributed by atoms with Crippen molar-refractivity contribution in [3.63, 3.8) is 0 Å². The molecule has 0 atom stereocenters. The van der Waals surface area contributed by atoms with Crippen molar-refractivity contribution in [1.29, 1.82) is 0 Å². The molecule has 0 saturated carbocycles. The number of aromatic nitrogens is 1.